The molecule has 0 spiro atoms. The minimum atomic E-state index is -0.0571. The van der Waals surface area contributed by atoms with Gasteiger partial charge in [-0.2, -0.15) is 0 Å². The van der Waals surface area contributed by atoms with Gasteiger partial charge in [0.1, 0.15) is 0 Å². The standard InChI is InChI=1S/C24H31N5O2.HI/c1-4-25-24(26-15-18-10-12-19(13-11-18)27-23(31)17(2)3)28-20-14-22(30)29(16-20)21-8-6-5-7-9-21;/h5-13,17,20H,4,14-16H2,1-3H3,(H,27,31)(H2,25,26,28);1H. The van der Waals surface area contributed by atoms with Crippen LogP contribution in [0.4, 0.5) is 11.4 Å². The Bertz CT molecular complexity index is 916. The van der Waals surface area contributed by atoms with E-state index in [0.717, 1.165) is 23.5 Å². The number of para-hydroxylation sites is 1. The molecule has 1 aliphatic rings. The second-order valence-electron chi connectivity index (χ2n) is 7.92. The Labute approximate surface area is 207 Å². The van der Waals surface area contributed by atoms with Crippen LogP contribution in [-0.4, -0.2) is 36.9 Å². The summed E-state index contributed by atoms with van der Waals surface area (Å²) in [5, 5.41) is 9.53. The van der Waals surface area contributed by atoms with Crippen LogP contribution >= 0.6 is 24.0 Å². The molecule has 1 saturated heterocycles. The van der Waals surface area contributed by atoms with Crippen LogP contribution < -0.4 is 20.9 Å². The number of hydrogen-bond acceptors (Lipinski definition) is 3. The number of halogens is 1. The Hall–Kier alpha value is -2.62. The lowest BCUT2D eigenvalue weighted by Gasteiger charge is -2.19. The minimum Gasteiger partial charge on any atom is -0.357 e. The third-order valence-corrected chi connectivity index (χ3v) is 5.04. The number of guanidine groups is 1. The van der Waals surface area contributed by atoms with Crippen molar-refractivity contribution in [3.05, 3.63) is 60.2 Å². The smallest absolute Gasteiger partial charge is 0.229 e. The van der Waals surface area contributed by atoms with E-state index in [-0.39, 0.29) is 47.8 Å². The summed E-state index contributed by atoms with van der Waals surface area (Å²) in [5.41, 5.74) is 2.73. The van der Waals surface area contributed by atoms with Crippen LogP contribution in [0.15, 0.2) is 59.6 Å². The summed E-state index contributed by atoms with van der Waals surface area (Å²) in [7, 11) is 0. The Kier molecular flexibility index (Phi) is 9.96. The maximum absolute atomic E-state index is 12.4. The van der Waals surface area contributed by atoms with Crippen molar-refractivity contribution in [1.82, 2.24) is 10.6 Å². The normalized spacial score (nSPS) is 16.0. The van der Waals surface area contributed by atoms with Gasteiger partial charge in [0.05, 0.1) is 12.6 Å². The molecule has 2 amide bonds. The van der Waals surface area contributed by atoms with Gasteiger partial charge in [-0.25, -0.2) is 4.99 Å². The summed E-state index contributed by atoms with van der Waals surface area (Å²) < 4.78 is 0. The molecule has 1 aliphatic heterocycles. The van der Waals surface area contributed by atoms with Crippen LogP contribution in [0.25, 0.3) is 0 Å². The lowest BCUT2D eigenvalue weighted by molar-refractivity contribution is -0.119. The Morgan fingerprint density at radius 2 is 1.81 bits per heavy atom. The average molecular weight is 549 g/mol. The van der Waals surface area contributed by atoms with Crippen LogP contribution in [0, 0.1) is 5.92 Å². The predicted molar refractivity (Wildman–Crippen MR) is 140 cm³/mol. The first-order valence-electron chi connectivity index (χ1n) is 10.8. The molecule has 1 heterocycles. The van der Waals surface area contributed by atoms with Gasteiger partial charge >= 0.3 is 0 Å². The molecule has 32 heavy (non-hydrogen) atoms. The third kappa shape index (κ3) is 7.22. The predicted octanol–water partition coefficient (Wildman–Crippen LogP) is 3.76. The van der Waals surface area contributed by atoms with E-state index in [0.29, 0.717) is 25.5 Å². The van der Waals surface area contributed by atoms with Gasteiger partial charge in [-0.15, -0.1) is 24.0 Å². The molecule has 0 aromatic heterocycles. The highest BCUT2D eigenvalue weighted by molar-refractivity contribution is 14.0. The summed E-state index contributed by atoms with van der Waals surface area (Å²) in [4.78, 5) is 30.7. The quantitative estimate of drug-likeness (QED) is 0.279. The number of carbonyl (C=O) groups excluding carboxylic acids is 2. The van der Waals surface area contributed by atoms with E-state index in [4.69, 9.17) is 0 Å². The van der Waals surface area contributed by atoms with Crippen molar-refractivity contribution in [2.45, 2.75) is 39.8 Å². The van der Waals surface area contributed by atoms with E-state index in [2.05, 4.69) is 20.9 Å². The first-order valence-corrected chi connectivity index (χ1v) is 10.8. The second-order valence-corrected chi connectivity index (χ2v) is 7.92. The molecule has 7 nitrogen and oxygen atoms in total. The molecule has 0 radical (unpaired) electrons. The summed E-state index contributed by atoms with van der Waals surface area (Å²) >= 11 is 0. The molecular formula is C24H32IN5O2. The number of benzene rings is 2. The van der Waals surface area contributed by atoms with E-state index in [1.165, 1.54) is 0 Å². The number of carbonyl (C=O) groups is 2. The highest BCUT2D eigenvalue weighted by Gasteiger charge is 2.31. The third-order valence-electron chi connectivity index (χ3n) is 5.04. The van der Waals surface area contributed by atoms with Crippen molar-refractivity contribution >= 4 is 53.1 Å². The number of anilines is 2. The number of hydrogen-bond donors (Lipinski definition) is 3. The van der Waals surface area contributed by atoms with E-state index in [1.807, 2.05) is 80.3 Å². The Morgan fingerprint density at radius 1 is 1.12 bits per heavy atom. The SMILES string of the molecule is CCNC(=NCc1ccc(NC(=O)C(C)C)cc1)NC1CC(=O)N(c2ccccc2)C1.I. The number of nitrogens with one attached hydrogen (secondary N) is 3. The molecule has 0 bridgehead atoms. The summed E-state index contributed by atoms with van der Waals surface area (Å²) in [6, 6.07) is 17.4. The maximum Gasteiger partial charge on any atom is 0.229 e. The van der Waals surface area contributed by atoms with Crippen molar-refractivity contribution in [2.24, 2.45) is 10.9 Å². The van der Waals surface area contributed by atoms with E-state index < -0.39 is 0 Å². The summed E-state index contributed by atoms with van der Waals surface area (Å²) in [5.74, 6) is 0.740. The van der Waals surface area contributed by atoms with E-state index >= 15 is 0 Å². The minimum absolute atomic E-state index is 0. The molecule has 1 unspecified atom stereocenters. The molecule has 1 fully saturated rings. The average Bonchev–Trinajstić information content (AvgIpc) is 3.13. The molecule has 8 heteroatoms. The zero-order valence-corrected chi connectivity index (χ0v) is 21.1. The summed E-state index contributed by atoms with van der Waals surface area (Å²) in [6.07, 6.45) is 0.434. The van der Waals surface area contributed by atoms with Gasteiger partial charge in [-0.3, -0.25) is 9.59 Å². The van der Waals surface area contributed by atoms with E-state index in [9.17, 15) is 9.59 Å². The van der Waals surface area contributed by atoms with Crippen molar-refractivity contribution in [1.29, 1.82) is 0 Å². The molecule has 3 rings (SSSR count). The Morgan fingerprint density at radius 3 is 2.44 bits per heavy atom. The zero-order chi connectivity index (χ0) is 22.2. The molecule has 2 aromatic rings. The van der Waals surface area contributed by atoms with Crippen molar-refractivity contribution in [2.75, 3.05) is 23.3 Å². The fourth-order valence-electron chi connectivity index (χ4n) is 3.33. The molecule has 172 valence electrons. The van der Waals surface area contributed by atoms with Gasteiger partial charge in [0.25, 0.3) is 0 Å². The van der Waals surface area contributed by atoms with Gasteiger partial charge in [0.2, 0.25) is 11.8 Å². The molecule has 0 saturated carbocycles. The van der Waals surface area contributed by atoms with Crippen LogP contribution in [0.5, 0.6) is 0 Å². The first-order chi connectivity index (χ1) is 15.0. The van der Waals surface area contributed by atoms with Crippen molar-refractivity contribution in [3.8, 4) is 0 Å². The largest absolute Gasteiger partial charge is 0.357 e. The van der Waals surface area contributed by atoms with E-state index in [1.54, 1.807) is 0 Å². The van der Waals surface area contributed by atoms with Gasteiger partial charge in [0.15, 0.2) is 5.96 Å². The van der Waals surface area contributed by atoms with Gasteiger partial charge < -0.3 is 20.9 Å². The molecule has 1 atom stereocenters. The fourth-order valence-corrected chi connectivity index (χ4v) is 3.33. The maximum atomic E-state index is 12.4. The van der Waals surface area contributed by atoms with Crippen LogP contribution in [0.2, 0.25) is 0 Å². The first kappa shape index (κ1) is 25.6. The lowest BCUT2D eigenvalue weighted by atomic mass is 10.1. The summed E-state index contributed by atoms with van der Waals surface area (Å²) in [6.45, 7) is 7.58. The highest BCUT2D eigenvalue weighted by Crippen LogP contribution is 2.21. The van der Waals surface area contributed by atoms with Gasteiger partial charge in [-0.1, -0.05) is 44.2 Å². The number of rotatable bonds is 7. The van der Waals surface area contributed by atoms with Crippen LogP contribution in [-0.2, 0) is 16.1 Å². The number of nitrogens with zero attached hydrogens (tertiary/aromatic N) is 2. The molecular weight excluding hydrogens is 517 g/mol. The second kappa shape index (κ2) is 12.4. The van der Waals surface area contributed by atoms with Crippen molar-refractivity contribution < 1.29 is 9.59 Å². The van der Waals surface area contributed by atoms with Gasteiger partial charge in [-0.05, 0) is 36.8 Å². The molecule has 2 aromatic carbocycles. The van der Waals surface area contributed by atoms with Crippen LogP contribution in [0.3, 0.4) is 0 Å². The Balaban J connectivity index is 0.00000363. The van der Waals surface area contributed by atoms with Gasteiger partial charge in [0, 0.05) is 36.8 Å². The monoisotopic (exact) mass is 549 g/mol. The topological polar surface area (TPSA) is 85.8 Å². The van der Waals surface area contributed by atoms with Crippen LogP contribution in [0.1, 0.15) is 32.8 Å². The highest BCUT2D eigenvalue weighted by atomic mass is 127. The molecule has 3 N–H and O–H groups in total. The lowest BCUT2D eigenvalue weighted by Crippen LogP contribution is -2.44. The fraction of sp³-hybridized carbons (Fsp3) is 0.375. The number of aliphatic imine (C=N–C) groups is 1. The zero-order valence-electron chi connectivity index (χ0n) is 18.8. The number of amides is 2. The van der Waals surface area contributed by atoms with Crippen molar-refractivity contribution in [3.63, 3.8) is 0 Å². The molecule has 0 aliphatic carbocycles.